The van der Waals surface area contributed by atoms with E-state index in [2.05, 4.69) is 15.2 Å². The summed E-state index contributed by atoms with van der Waals surface area (Å²) in [4.78, 5) is 18.0. The van der Waals surface area contributed by atoms with Gasteiger partial charge in [-0.25, -0.2) is 0 Å². The Morgan fingerprint density at radius 2 is 2.18 bits per heavy atom. The summed E-state index contributed by atoms with van der Waals surface area (Å²) < 4.78 is 0. The number of nitrogens with one attached hydrogen (secondary N) is 1. The molecule has 1 aliphatic rings. The zero-order valence-corrected chi connectivity index (χ0v) is 9.26. The number of H-pyrrole nitrogens is 1. The second kappa shape index (κ2) is 4.01. The number of aromatic amines is 1. The van der Waals surface area contributed by atoms with Crippen LogP contribution in [-0.4, -0.2) is 32.5 Å². The number of carbonyl (C=O) groups is 1. The Kier molecular flexibility index (Phi) is 2.36. The SMILES string of the molecule is O=C(c1ccncc1)N1CCc2[nH]ncc2C1. The molecule has 1 N–H and O–H groups in total. The fourth-order valence-electron chi connectivity index (χ4n) is 2.07. The van der Waals surface area contributed by atoms with E-state index in [0.717, 1.165) is 24.2 Å². The Morgan fingerprint density at radius 1 is 1.35 bits per heavy atom. The minimum Gasteiger partial charge on any atom is -0.334 e. The molecule has 0 fully saturated rings. The monoisotopic (exact) mass is 228 g/mol. The van der Waals surface area contributed by atoms with E-state index in [4.69, 9.17) is 0 Å². The van der Waals surface area contributed by atoms with E-state index in [-0.39, 0.29) is 5.91 Å². The molecule has 0 unspecified atom stereocenters. The van der Waals surface area contributed by atoms with E-state index in [1.165, 1.54) is 0 Å². The van der Waals surface area contributed by atoms with Crippen molar-refractivity contribution in [3.63, 3.8) is 0 Å². The van der Waals surface area contributed by atoms with Gasteiger partial charge in [0.2, 0.25) is 0 Å². The molecule has 1 amide bonds. The molecular formula is C12H12N4O. The van der Waals surface area contributed by atoms with Crippen LogP contribution in [0.4, 0.5) is 0 Å². The van der Waals surface area contributed by atoms with E-state index in [0.29, 0.717) is 12.1 Å². The molecule has 0 bridgehead atoms. The van der Waals surface area contributed by atoms with Crippen molar-refractivity contribution >= 4 is 5.91 Å². The lowest BCUT2D eigenvalue weighted by Gasteiger charge is -2.26. The van der Waals surface area contributed by atoms with Gasteiger partial charge in [-0.2, -0.15) is 5.10 Å². The van der Waals surface area contributed by atoms with Crippen LogP contribution >= 0.6 is 0 Å². The van der Waals surface area contributed by atoms with Crippen molar-refractivity contribution in [2.75, 3.05) is 6.54 Å². The predicted octanol–water partition coefficient (Wildman–Crippen LogP) is 1.00. The molecule has 17 heavy (non-hydrogen) atoms. The third-order valence-corrected chi connectivity index (χ3v) is 3.01. The first-order valence-electron chi connectivity index (χ1n) is 5.55. The summed E-state index contributed by atoms with van der Waals surface area (Å²) in [5.41, 5.74) is 2.94. The molecule has 0 saturated carbocycles. The number of carbonyl (C=O) groups excluding carboxylic acids is 1. The Bertz CT molecular complexity index is 534. The first-order chi connectivity index (χ1) is 8.34. The van der Waals surface area contributed by atoms with Gasteiger partial charge in [-0.15, -0.1) is 0 Å². The first-order valence-corrected chi connectivity index (χ1v) is 5.55. The molecule has 0 spiro atoms. The standard InChI is InChI=1S/C12H12N4O/c17-12(9-1-4-13-5-2-9)16-6-3-11-10(8-16)7-14-15-11/h1-2,4-5,7H,3,6,8H2,(H,14,15). The molecule has 3 heterocycles. The maximum atomic E-state index is 12.2. The van der Waals surface area contributed by atoms with E-state index in [9.17, 15) is 4.79 Å². The van der Waals surface area contributed by atoms with Gasteiger partial charge >= 0.3 is 0 Å². The Balaban J connectivity index is 1.81. The minimum absolute atomic E-state index is 0.0549. The topological polar surface area (TPSA) is 61.9 Å². The van der Waals surface area contributed by atoms with Crippen LogP contribution in [0.3, 0.4) is 0 Å². The highest BCUT2D eigenvalue weighted by atomic mass is 16.2. The molecule has 0 atom stereocenters. The molecule has 0 radical (unpaired) electrons. The fourth-order valence-corrected chi connectivity index (χ4v) is 2.07. The number of nitrogens with zero attached hydrogens (tertiary/aromatic N) is 3. The lowest BCUT2D eigenvalue weighted by atomic mass is 10.1. The van der Waals surface area contributed by atoms with Gasteiger partial charge in [0, 0.05) is 48.7 Å². The van der Waals surface area contributed by atoms with Crippen LogP contribution in [-0.2, 0) is 13.0 Å². The van der Waals surface area contributed by atoms with Crippen molar-refractivity contribution in [3.05, 3.63) is 47.5 Å². The largest absolute Gasteiger partial charge is 0.334 e. The normalized spacial score (nSPS) is 14.5. The zero-order valence-electron chi connectivity index (χ0n) is 9.26. The van der Waals surface area contributed by atoms with Gasteiger partial charge in [-0.05, 0) is 12.1 Å². The second-order valence-corrected chi connectivity index (χ2v) is 4.09. The molecule has 0 aliphatic carbocycles. The number of hydrogen-bond acceptors (Lipinski definition) is 3. The van der Waals surface area contributed by atoms with Gasteiger partial charge in [0.15, 0.2) is 0 Å². The molecule has 2 aromatic rings. The molecule has 0 aromatic carbocycles. The number of amides is 1. The number of hydrogen-bond donors (Lipinski definition) is 1. The summed E-state index contributed by atoms with van der Waals surface area (Å²) in [6.07, 6.45) is 5.91. The van der Waals surface area contributed by atoms with Crippen LogP contribution in [0.25, 0.3) is 0 Å². The van der Waals surface area contributed by atoms with Crippen LogP contribution in [0.1, 0.15) is 21.6 Å². The van der Waals surface area contributed by atoms with Crippen LogP contribution in [0.5, 0.6) is 0 Å². The van der Waals surface area contributed by atoms with Crippen molar-refractivity contribution in [3.8, 4) is 0 Å². The highest BCUT2D eigenvalue weighted by Crippen LogP contribution is 2.17. The summed E-state index contributed by atoms with van der Waals surface area (Å²) in [6, 6.07) is 3.49. The van der Waals surface area contributed by atoms with E-state index < -0.39 is 0 Å². The smallest absolute Gasteiger partial charge is 0.254 e. The average molecular weight is 228 g/mol. The molecule has 1 aliphatic heterocycles. The van der Waals surface area contributed by atoms with Crippen molar-refractivity contribution in [1.82, 2.24) is 20.1 Å². The zero-order chi connectivity index (χ0) is 11.7. The van der Waals surface area contributed by atoms with Crippen LogP contribution < -0.4 is 0 Å². The molecule has 86 valence electrons. The highest BCUT2D eigenvalue weighted by Gasteiger charge is 2.22. The van der Waals surface area contributed by atoms with E-state index >= 15 is 0 Å². The van der Waals surface area contributed by atoms with Gasteiger partial charge in [0.05, 0.1) is 6.20 Å². The Labute approximate surface area is 98.5 Å². The number of fused-ring (bicyclic) bond motifs is 1. The number of pyridine rings is 1. The molecule has 3 rings (SSSR count). The maximum absolute atomic E-state index is 12.2. The lowest BCUT2D eigenvalue weighted by molar-refractivity contribution is 0.0734. The summed E-state index contributed by atoms with van der Waals surface area (Å²) in [5.74, 6) is 0.0549. The van der Waals surface area contributed by atoms with Gasteiger partial charge in [-0.1, -0.05) is 0 Å². The van der Waals surface area contributed by atoms with Gasteiger partial charge < -0.3 is 4.90 Å². The molecule has 2 aromatic heterocycles. The molecule has 5 nitrogen and oxygen atoms in total. The Morgan fingerprint density at radius 3 is 3.00 bits per heavy atom. The first kappa shape index (κ1) is 10.0. The van der Waals surface area contributed by atoms with Gasteiger partial charge in [-0.3, -0.25) is 14.9 Å². The quantitative estimate of drug-likeness (QED) is 0.792. The van der Waals surface area contributed by atoms with E-state index in [1.807, 2.05) is 4.90 Å². The van der Waals surface area contributed by atoms with Crippen molar-refractivity contribution < 1.29 is 4.79 Å². The summed E-state index contributed by atoms with van der Waals surface area (Å²) in [5, 5.41) is 6.96. The highest BCUT2D eigenvalue weighted by molar-refractivity contribution is 5.94. The van der Waals surface area contributed by atoms with Crippen molar-refractivity contribution in [2.45, 2.75) is 13.0 Å². The van der Waals surface area contributed by atoms with Crippen LogP contribution in [0, 0.1) is 0 Å². The second-order valence-electron chi connectivity index (χ2n) is 4.09. The summed E-state index contributed by atoms with van der Waals surface area (Å²) in [7, 11) is 0. The van der Waals surface area contributed by atoms with Gasteiger partial charge in [0.1, 0.15) is 0 Å². The molecule has 5 heteroatoms. The lowest BCUT2D eigenvalue weighted by Crippen LogP contribution is -2.35. The van der Waals surface area contributed by atoms with Crippen LogP contribution in [0.15, 0.2) is 30.7 Å². The number of aromatic nitrogens is 3. The van der Waals surface area contributed by atoms with Crippen LogP contribution in [0.2, 0.25) is 0 Å². The third-order valence-electron chi connectivity index (χ3n) is 3.01. The molecule has 0 saturated heterocycles. The maximum Gasteiger partial charge on any atom is 0.254 e. The summed E-state index contributed by atoms with van der Waals surface area (Å²) >= 11 is 0. The fraction of sp³-hybridized carbons (Fsp3) is 0.250. The van der Waals surface area contributed by atoms with E-state index in [1.54, 1.807) is 30.7 Å². The predicted molar refractivity (Wildman–Crippen MR) is 61.3 cm³/mol. The third kappa shape index (κ3) is 1.80. The van der Waals surface area contributed by atoms with Gasteiger partial charge in [0.25, 0.3) is 5.91 Å². The average Bonchev–Trinajstić information content (AvgIpc) is 2.86. The van der Waals surface area contributed by atoms with Crippen molar-refractivity contribution in [2.24, 2.45) is 0 Å². The van der Waals surface area contributed by atoms with Crippen molar-refractivity contribution in [1.29, 1.82) is 0 Å². The summed E-state index contributed by atoms with van der Waals surface area (Å²) in [6.45, 7) is 1.36. The minimum atomic E-state index is 0.0549. The number of rotatable bonds is 1. The molecular weight excluding hydrogens is 216 g/mol. The Hall–Kier alpha value is -2.17.